The second-order valence-corrected chi connectivity index (χ2v) is 4.50. The van der Waals surface area contributed by atoms with Gasteiger partial charge >= 0.3 is 0 Å². The van der Waals surface area contributed by atoms with E-state index in [2.05, 4.69) is 21.2 Å². The zero-order valence-corrected chi connectivity index (χ0v) is 8.48. The lowest BCUT2D eigenvalue weighted by atomic mass is 9.92. The second-order valence-electron chi connectivity index (χ2n) is 4.50. The fourth-order valence-electron chi connectivity index (χ4n) is 2.63. The van der Waals surface area contributed by atoms with E-state index in [1.165, 1.54) is 5.56 Å². The summed E-state index contributed by atoms with van der Waals surface area (Å²) in [5, 5.41) is 3.52. The van der Waals surface area contributed by atoms with Gasteiger partial charge in [0.1, 0.15) is 0 Å². The van der Waals surface area contributed by atoms with Gasteiger partial charge in [-0.25, -0.2) is 6.57 Å². The second kappa shape index (κ2) is 3.04. The highest BCUT2D eigenvalue weighted by Crippen LogP contribution is 2.49. The molecule has 2 fully saturated rings. The van der Waals surface area contributed by atoms with Crippen LogP contribution in [0.25, 0.3) is 4.85 Å². The summed E-state index contributed by atoms with van der Waals surface area (Å²) in [5.74, 6) is 0.332. The van der Waals surface area contributed by atoms with E-state index in [0.717, 1.165) is 19.4 Å². The number of hydrogen-bond acceptors (Lipinski definition) is 2. The number of nitrogens with zero attached hydrogens (tertiary/aromatic N) is 2. The van der Waals surface area contributed by atoms with Crippen molar-refractivity contribution >= 4 is 0 Å². The van der Waals surface area contributed by atoms with Crippen molar-refractivity contribution in [2.24, 2.45) is 0 Å². The van der Waals surface area contributed by atoms with Crippen molar-refractivity contribution in [1.82, 2.24) is 10.3 Å². The molecule has 2 heterocycles. The highest BCUT2D eigenvalue weighted by atomic mass is 15.1. The Labute approximate surface area is 89.3 Å². The van der Waals surface area contributed by atoms with Gasteiger partial charge in [0.05, 0.1) is 11.5 Å². The van der Waals surface area contributed by atoms with E-state index in [1.807, 2.05) is 12.3 Å². The van der Waals surface area contributed by atoms with Crippen LogP contribution in [0.2, 0.25) is 0 Å². The molecule has 2 aliphatic rings. The van der Waals surface area contributed by atoms with Crippen molar-refractivity contribution in [1.29, 1.82) is 0 Å². The molecule has 1 spiro atoms. The van der Waals surface area contributed by atoms with Gasteiger partial charge in [-0.3, -0.25) is 4.98 Å². The highest BCUT2D eigenvalue weighted by Gasteiger charge is 2.61. The SMILES string of the molecule is [C-]#[N+][C@@H]1[C@@H](c2cccnc2)CNC12CC2. The Balaban J connectivity index is 1.92. The minimum absolute atomic E-state index is 0.113. The molecule has 15 heavy (non-hydrogen) atoms. The van der Waals surface area contributed by atoms with Crippen molar-refractivity contribution in [3.05, 3.63) is 41.5 Å². The average Bonchev–Trinajstić information content (AvgIpc) is 2.95. The summed E-state index contributed by atoms with van der Waals surface area (Å²) in [5.41, 5.74) is 1.36. The van der Waals surface area contributed by atoms with Gasteiger partial charge in [-0.2, -0.15) is 0 Å². The molecule has 3 rings (SSSR count). The first-order chi connectivity index (χ1) is 7.36. The van der Waals surface area contributed by atoms with Gasteiger partial charge in [-0.05, 0) is 24.5 Å². The molecule has 0 amide bonds. The van der Waals surface area contributed by atoms with E-state index in [-0.39, 0.29) is 11.6 Å². The topological polar surface area (TPSA) is 29.3 Å². The van der Waals surface area contributed by atoms with Gasteiger partial charge in [-0.15, -0.1) is 0 Å². The molecular weight excluding hydrogens is 186 g/mol. The van der Waals surface area contributed by atoms with Gasteiger partial charge in [0.25, 0.3) is 0 Å². The summed E-state index contributed by atoms with van der Waals surface area (Å²) >= 11 is 0. The molecule has 1 aliphatic heterocycles. The number of hydrogen-bond donors (Lipinski definition) is 1. The average molecular weight is 199 g/mol. The maximum Gasteiger partial charge on any atom is 0.249 e. The van der Waals surface area contributed by atoms with Crippen molar-refractivity contribution in [3.63, 3.8) is 0 Å². The maximum absolute atomic E-state index is 7.34. The van der Waals surface area contributed by atoms with Gasteiger partial charge in [0.2, 0.25) is 6.04 Å². The van der Waals surface area contributed by atoms with Crippen LogP contribution in [-0.4, -0.2) is 23.1 Å². The molecule has 3 heteroatoms. The molecule has 1 aromatic heterocycles. The Kier molecular flexibility index (Phi) is 1.80. The van der Waals surface area contributed by atoms with Crippen LogP contribution in [0.3, 0.4) is 0 Å². The van der Waals surface area contributed by atoms with Crippen LogP contribution in [0, 0.1) is 6.57 Å². The van der Waals surface area contributed by atoms with Gasteiger partial charge in [0.15, 0.2) is 0 Å². The van der Waals surface area contributed by atoms with Gasteiger partial charge < -0.3 is 10.2 Å². The Morgan fingerprint density at radius 3 is 3.00 bits per heavy atom. The quantitative estimate of drug-likeness (QED) is 0.696. The summed E-state index contributed by atoms with van der Waals surface area (Å²) in [7, 11) is 0. The van der Waals surface area contributed by atoms with Crippen molar-refractivity contribution in [2.45, 2.75) is 30.3 Å². The number of aromatic nitrogens is 1. The third-order valence-electron chi connectivity index (χ3n) is 3.66. The molecule has 1 saturated carbocycles. The van der Waals surface area contributed by atoms with Gasteiger partial charge in [-0.1, -0.05) is 6.07 Å². The van der Waals surface area contributed by atoms with E-state index in [9.17, 15) is 0 Å². The largest absolute Gasteiger partial charge is 0.311 e. The van der Waals surface area contributed by atoms with Crippen LogP contribution in [0.4, 0.5) is 0 Å². The first kappa shape index (κ1) is 8.87. The molecular formula is C12H13N3. The summed E-state index contributed by atoms with van der Waals surface area (Å²) in [6.07, 6.45) is 6.01. The molecule has 0 unspecified atom stereocenters. The van der Waals surface area contributed by atoms with E-state index in [1.54, 1.807) is 6.20 Å². The smallest absolute Gasteiger partial charge is 0.249 e. The summed E-state index contributed by atoms with van der Waals surface area (Å²) in [6, 6.07) is 4.15. The number of rotatable bonds is 1. The molecule has 3 nitrogen and oxygen atoms in total. The Morgan fingerprint density at radius 2 is 2.40 bits per heavy atom. The molecule has 76 valence electrons. The van der Waals surface area contributed by atoms with Crippen molar-refractivity contribution in [3.8, 4) is 0 Å². The maximum atomic E-state index is 7.34. The predicted octanol–water partition coefficient (Wildman–Crippen LogP) is 1.59. The van der Waals surface area contributed by atoms with Crippen LogP contribution >= 0.6 is 0 Å². The van der Waals surface area contributed by atoms with E-state index >= 15 is 0 Å². The standard InChI is InChI=1S/C12H13N3/c1-13-11-10(8-15-12(11)4-5-12)9-3-2-6-14-7-9/h2-3,6-7,10-11,15H,4-5,8H2/t10-,11-/m1/s1. The third-order valence-corrected chi connectivity index (χ3v) is 3.66. The molecule has 0 bridgehead atoms. The van der Waals surface area contributed by atoms with Crippen molar-refractivity contribution in [2.75, 3.05) is 6.54 Å². The Bertz CT molecular complexity index is 403. The molecule has 1 aromatic rings. The van der Waals surface area contributed by atoms with E-state index < -0.39 is 0 Å². The van der Waals surface area contributed by atoms with Crippen LogP contribution in [0.5, 0.6) is 0 Å². The fraction of sp³-hybridized carbons (Fsp3) is 0.500. The number of nitrogens with one attached hydrogen (secondary N) is 1. The zero-order valence-electron chi connectivity index (χ0n) is 8.48. The lowest BCUT2D eigenvalue weighted by Crippen LogP contribution is -2.31. The fourth-order valence-corrected chi connectivity index (χ4v) is 2.63. The Hall–Kier alpha value is -1.40. The normalized spacial score (nSPS) is 31.4. The van der Waals surface area contributed by atoms with E-state index in [4.69, 9.17) is 6.57 Å². The number of pyridine rings is 1. The zero-order chi connectivity index (χ0) is 10.3. The summed E-state index contributed by atoms with van der Waals surface area (Å²) in [4.78, 5) is 7.96. The van der Waals surface area contributed by atoms with Crippen LogP contribution in [-0.2, 0) is 0 Å². The minimum Gasteiger partial charge on any atom is -0.311 e. The molecule has 2 atom stereocenters. The molecule has 1 N–H and O–H groups in total. The first-order valence-corrected chi connectivity index (χ1v) is 5.37. The molecule has 0 radical (unpaired) electrons. The highest BCUT2D eigenvalue weighted by molar-refractivity contribution is 5.31. The predicted molar refractivity (Wildman–Crippen MR) is 57.3 cm³/mol. The lowest BCUT2D eigenvalue weighted by Gasteiger charge is -2.11. The summed E-state index contributed by atoms with van der Waals surface area (Å²) in [6.45, 7) is 8.27. The van der Waals surface area contributed by atoms with Gasteiger partial charge in [0, 0.05) is 18.9 Å². The van der Waals surface area contributed by atoms with Crippen LogP contribution in [0.1, 0.15) is 24.3 Å². The van der Waals surface area contributed by atoms with Crippen LogP contribution in [0.15, 0.2) is 24.5 Å². The first-order valence-electron chi connectivity index (χ1n) is 5.37. The molecule has 1 saturated heterocycles. The molecule has 1 aliphatic carbocycles. The van der Waals surface area contributed by atoms with Crippen LogP contribution < -0.4 is 5.32 Å². The van der Waals surface area contributed by atoms with Crippen molar-refractivity contribution < 1.29 is 0 Å². The third kappa shape index (κ3) is 1.25. The summed E-state index contributed by atoms with van der Waals surface area (Å²) < 4.78 is 0. The molecule has 0 aromatic carbocycles. The Morgan fingerprint density at radius 1 is 1.53 bits per heavy atom. The monoisotopic (exact) mass is 199 g/mol. The van der Waals surface area contributed by atoms with E-state index in [0.29, 0.717) is 5.92 Å². The minimum atomic E-state index is 0.113. The lowest BCUT2D eigenvalue weighted by molar-refractivity contribution is 0.564.